The zero-order valence-electron chi connectivity index (χ0n) is 6.61. The molecule has 0 aliphatic heterocycles. The second-order valence-electron chi connectivity index (χ2n) is 2.47. The fourth-order valence-corrected chi connectivity index (χ4v) is 2.70. The first-order valence-corrected chi connectivity index (χ1v) is 5.36. The second-order valence-corrected chi connectivity index (χ2v) is 4.50. The van der Waals surface area contributed by atoms with Crippen LogP contribution in [0, 0.1) is 0 Å². The van der Waals surface area contributed by atoms with Crippen molar-refractivity contribution in [2.24, 2.45) is 0 Å². The van der Waals surface area contributed by atoms with Gasteiger partial charge in [0.25, 0.3) is 5.91 Å². The van der Waals surface area contributed by atoms with E-state index in [1.165, 1.54) is 11.3 Å². The lowest BCUT2D eigenvalue weighted by molar-refractivity contribution is 0.0996. The van der Waals surface area contributed by atoms with Crippen molar-refractivity contribution in [3.8, 4) is 9.75 Å². The van der Waals surface area contributed by atoms with E-state index in [9.17, 15) is 4.79 Å². The molecule has 0 unspecified atom stereocenters. The molecule has 4 heteroatoms. The minimum atomic E-state index is -0.604. The molecule has 0 spiro atoms. The van der Waals surface area contributed by atoms with E-state index < -0.39 is 5.91 Å². The lowest BCUT2D eigenvalue weighted by atomic mass is 10.3. The molecule has 1 N–H and O–H groups in total. The van der Waals surface area contributed by atoms with Gasteiger partial charge < -0.3 is 0 Å². The highest BCUT2D eigenvalue weighted by molar-refractivity contribution is 7.22. The van der Waals surface area contributed by atoms with Crippen molar-refractivity contribution in [2.45, 2.75) is 0 Å². The quantitative estimate of drug-likeness (QED) is 0.748. The summed E-state index contributed by atoms with van der Waals surface area (Å²) in [5.74, 6) is -0.604. The van der Waals surface area contributed by atoms with Gasteiger partial charge in [0, 0.05) is 9.75 Å². The van der Waals surface area contributed by atoms with Gasteiger partial charge in [-0.15, -0.1) is 22.7 Å². The summed E-state index contributed by atoms with van der Waals surface area (Å²) in [7, 11) is 0. The second kappa shape index (κ2) is 3.32. The van der Waals surface area contributed by atoms with Crippen molar-refractivity contribution in [2.75, 3.05) is 0 Å². The highest BCUT2D eigenvalue weighted by Gasteiger charge is 2.07. The van der Waals surface area contributed by atoms with Gasteiger partial charge in [-0.3, -0.25) is 10.5 Å². The van der Waals surface area contributed by atoms with Crippen LogP contribution in [0.3, 0.4) is 0 Å². The molecular weight excluding hydrogens is 202 g/mol. The summed E-state index contributed by atoms with van der Waals surface area (Å²) < 4.78 is 0. The Bertz CT molecular complexity index is 417. The molecule has 65 valence electrons. The third-order valence-electron chi connectivity index (χ3n) is 1.59. The molecule has 2 rings (SSSR count). The summed E-state index contributed by atoms with van der Waals surface area (Å²) >= 11 is 3.01. The molecule has 0 bridgehead atoms. The molecular formula is C9H6NOS2. The number of rotatable bonds is 2. The number of hydrogen-bond acceptors (Lipinski definition) is 3. The van der Waals surface area contributed by atoms with E-state index in [4.69, 9.17) is 5.73 Å². The van der Waals surface area contributed by atoms with Crippen LogP contribution in [-0.4, -0.2) is 5.91 Å². The van der Waals surface area contributed by atoms with Crippen LogP contribution < -0.4 is 5.73 Å². The van der Waals surface area contributed by atoms with E-state index in [-0.39, 0.29) is 0 Å². The van der Waals surface area contributed by atoms with Crippen LogP contribution in [0.4, 0.5) is 0 Å². The van der Waals surface area contributed by atoms with E-state index in [2.05, 4.69) is 0 Å². The highest BCUT2D eigenvalue weighted by Crippen LogP contribution is 2.31. The van der Waals surface area contributed by atoms with Crippen LogP contribution in [0.5, 0.6) is 0 Å². The molecule has 0 aliphatic rings. The molecule has 2 nitrogen and oxygen atoms in total. The molecule has 0 fully saturated rings. The third kappa shape index (κ3) is 1.64. The average Bonchev–Trinajstić information content (AvgIpc) is 2.75. The van der Waals surface area contributed by atoms with Gasteiger partial charge in [0.2, 0.25) is 0 Å². The number of carbonyl (C=O) groups excluding carboxylic acids is 1. The summed E-state index contributed by atoms with van der Waals surface area (Å²) in [4.78, 5) is 13.4. The van der Waals surface area contributed by atoms with E-state index in [0.29, 0.717) is 4.88 Å². The third-order valence-corrected chi connectivity index (χ3v) is 3.74. The van der Waals surface area contributed by atoms with E-state index >= 15 is 0 Å². The smallest absolute Gasteiger partial charge is 0.266 e. The first kappa shape index (κ1) is 8.47. The van der Waals surface area contributed by atoms with Crippen molar-refractivity contribution < 1.29 is 4.79 Å². The Morgan fingerprint density at radius 3 is 2.62 bits per heavy atom. The van der Waals surface area contributed by atoms with Gasteiger partial charge in [0.15, 0.2) is 0 Å². The fourth-order valence-electron chi connectivity index (χ4n) is 1.01. The van der Waals surface area contributed by atoms with Gasteiger partial charge in [-0.1, -0.05) is 6.07 Å². The molecule has 0 aromatic carbocycles. The van der Waals surface area contributed by atoms with Crippen LogP contribution in [0.25, 0.3) is 9.75 Å². The molecule has 13 heavy (non-hydrogen) atoms. The minimum Gasteiger partial charge on any atom is -0.266 e. The Kier molecular flexibility index (Phi) is 2.16. The zero-order chi connectivity index (χ0) is 9.26. The number of amides is 1. The Morgan fingerprint density at radius 1 is 1.23 bits per heavy atom. The maximum atomic E-state index is 10.7. The predicted molar refractivity (Wildman–Crippen MR) is 55.1 cm³/mol. The summed E-state index contributed by atoms with van der Waals surface area (Å²) in [5, 5.41) is 2.00. The Hall–Kier alpha value is -1.13. The maximum absolute atomic E-state index is 10.7. The number of hydrogen-bond donors (Lipinski definition) is 0. The van der Waals surface area contributed by atoms with Crippen molar-refractivity contribution in [1.29, 1.82) is 0 Å². The van der Waals surface area contributed by atoms with Gasteiger partial charge in [-0.05, 0) is 23.6 Å². The summed E-state index contributed by atoms with van der Waals surface area (Å²) in [5.41, 5.74) is 6.93. The van der Waals surface area contributed by atoms with Crippen molar-refractivity contribution in [1.82, 2.24) is 5.73 Å². The van der Waals surface area contributed by atoms with Crippen LogP contribution in [-0.2, 0) is 0 Å². The Morgan fingerprint density at radius 2 is 2.08 bits per heavy atom. The zero-order valence-corrected chi connectivity index (χ0v) is 8.24. The first-order chi connectivity index (χ1) is 6.27. The molecule has 0 saturated heterocycles. The van der Waals surface area contributed by atoms with Gasteiger partial charge in [-0.25, -0.2) is 0 Å². The molecule has 2 aromatic heterocycles. The largest absolute Gasteiger partial charge is 0.279 e. The molecule has 2 aromatic rings. The van der Waals surface area contributed by atoms with Crippen LogP contribution in [0.2, 0.25) is 0 Å². The van der Waals surface area contributed by atoms with E-state index in [0.717, 1.165) is 9.75 Å². The van der Waals surface area contributed by atoms with Gasteiger partial charge in [0.1, 0.15) is 0 Å². The molecule has 0 saturated carbocycles. The monoisotopic (exact) mass is 208 g/mol. The lowest BCUT2D eigenvalue weighted by Crippen LogP contribution is -1.92. The van der Waals surface area contributed by atoms with Crippen molar-refractivity contribution in [3.63, 3.8) is 0 Å². The molecule has 0 aliphatic carbocycles. The highest BCUT2D eigenvalue weighted by atomic mass is 32.1. The van der Waals surface area contributed by atoms with Crippen LogP contribution in [0.15, 0.2) is 29.6 Å². The summed E-state index contributed by atoms with van der Waals surface area (Å²) in [6, 6.07) is 7.57. The molecule has 0 atom stereocenters. The summed E-state index contributed by atoms with van der Waals surface area (Å²) in [6.45, 7) is 0. The Balaban J connectivity index is 2.39. The molecule has 1 radical (unpaired) electrons. The van der Waals surface area contributed by atoms with Crippen molar-refractivity contribution in [3.05, 3.63) is 34.5 Å². The molecule has 2 heterocycles. The van der Waals surface area contributed by atoms with E-state index in [1.807, 2.05) is 23.6 Å². The normalized spacial score (nSPS) is 10.2. The standard InChI is InChI=1S/C9H6NOS2/c10-9(11)8-4-3-7(13-8)6-2-1-5-12-6/h1-5,10H. The first-order valence-electron chi connectivity index (χ1n) is 3.67. The van der Waals surface area contributed by atoms with E-state index in [1.54, 1.807) is 17.4 Å². The summed E-state index contributed by atoms with van der Waals surface area (Å²) in [6.07, 6.45) is 0. The number of thiophene rings is 2. The Labute approximate surface area is 83.6 Å². The van der Waals surface area contributed by atoms with Crippen LogP contribution >= 0.6 is 22.7 Å². The van der Waals surface area contributed by atoms with Gasteiger partial charge in [-0.2, -0.15) is 0 Å². The topological polar surface area (TPSA) is 40.9 Å². The predicted octanol–water partition coefficient (Wildman–Crippen LogP) is 2.90. The number of carbonyl (C=O) groups is 1. The average molecular weight is 208 g/mol. The fraction of sp³-hybridized carbons (Fsp3) is 0. The lowest BCUT2D eigenvalue weighted by Gasteiger charge is -1.87. The minimum absolute atomic E-state index is 0.503. The molecule has 1 amide bonds. The maximum Gasteiger partial charge on any atom is 0.279 e. The van der Waals surface area contributed by atoms with Gasteiger partial charge in [0.05, 0.1) is 4.88 Å². The SMILES string of the molecule is [NH]C(=O)c1ccc(-c2cccs2)s1. The number of nitrogens with one attached hydrogen (secondary N) is 1. The van der Waals surface area contributed by atoms with Gasteiger partial charge >= 0.3 is 0 Å². The van der Waals surface area contributed by atoms with Crippen molar-refractivity contribution >= 4 is 28.6 Å². The van der Waals surface area contributed by atoms with Crippen LogP contribution in [0.1, 0.15) is 9.67 Å².